The van der Waals surface area contributed by atoms with E-state index in [0.29, 0.717) is 38.3 Å². The number of rotatable bonds is 6. The van der Waals surface area contributed by atoms with Gasteiger partial charge in [-0.05, 0) is 47.4 Å². The van der Waals surface area contributed by atoms with E-state index < -0.39 is 0 Å². The predicted octanol–water partition coefficient (Wildman–Crippen LogP) is 3.47. The third-order valence-electron chi connectivity index (χ3n) is 5.68. The van der Waals surface area contributed by atoms with E-state index in [1.807, 2.05) is 24.3 Å². The van der Waals surface area contributed by atoms with Gasteiger partial charge in [0.2, 0.25) is 5.91 Å². The lowest BCUT2D eigenvalue weighted by Crippen LogP contribution is -2.38. The van der Waals surface area contributed by atoms with Gasteiger partial charge in [0, 0.05) is 44.8 Å². The molecule has 2 amide bonds. The van der Waals surface area contributed by atoms with Gasteiger partial charge >= 0.3 is 0 Å². The lowest BCUT2D eigenvalue weighted by Gasteiger charge is -2.23. The second kappa shape index (κ2) is 10.0. The molecule has 1 atom stereocenters. The maximum absolute atomic E-state index is 13.3. The molecule has 6 heteroatoms. The highest BCUT2D eigenvalue weighted by molar-refractivity contribution is 5.93. The van der Waals surface area contributed by atoms with Gasteiger partial charge in [-0.25, -0.2) is 0 Å². The Morgan fingerprint density at radius 2 is 1.88 bits per heavy atom. The maximum Gasteiger partial charge on any atom is 0.272 e. The van der Waals surface area contributed by atoms with Crippen molar-refractivity contribution in [2.45, 2.75) is 6.42 Å². The summed E-state index contributed by atoms with van der Waals surface area (Å²) in [7, 11) is 0. The highest BCUT2D eigenvalue weighted by Gasteiger charge is 2.32. The molecule has 3 aromatic rings. The zero-order chi connectivity index (χ0) is 22.3. The molecule has 0 radical (unpaired) electrons. The molecular formula is C26H26N4O2. The Morgan fingerprint density at radius 1 is 1.03 bits per heavy atom. The average Bonchev–Trinajstić information content (AvgIpc) is 2.99. The Kier molecular flexibility index (Phi) is 6.70. The standard InChI is InChI=1S/C26H26N4O2/c1-2-14-29-15-16-30(26(32)24-8-3-4-11-28-24)19-23(25(29)31)18-20-6-5-7-22(17-20)21-9-12-27-13-10-21/h2-13,17,23H,1,14-16,18-19H2/t23-/m0/s1. The van der Waals surface area contributed by atoms with Crippen LogP contribution in [0.25, 0.3) is 11.1 Å². The van der Waals surface area contributed by atoms with Crippen LogP contribution in [0.1, 0.15) is 16.1 Å². The number of aromatic nitrogens is 2. The first-order chi connectivity index (χ1) is 15.7. The minimum absolute atomic E-state index is 0.0514. The van der Waals surface area contributed by atoms with E-state index in [2.05, 4.69) is 28.7 Å². The van der Waals surface area contributed by atoms with Gasteiger partial charge in [-0.3, -0.25) is 19.6 Å². The number of carbonyl (C=O) groups is 2. The van der Waals surface area contributed by atoms with E-state index in [1.165, 1.54) is 0 Å². The van der Waals surface area contributed by atoms with E-state index in [-0.39, 0.29) is 17.7 Å². The van der Waals surface area contributed by atoms with E-state index in [0.717, 1.165) is 16.7 Å². The quantitative estimate of drug-likeness (QED) is 0.566. The van der Waals surface area contributed by atoms with Gasteiger partial charge in [0.25, 0.3) is 5.91 Å². The van der Waals surface area contributed by atoms with Crippen molar-refractivity contribution in [2.75, 3.05) is 26.2 Å². The minimum atomic E-state index is -0.335. The summed E-state index contributed by atoms with van der Waals surface area (Å²) in [4.78, 5) is 38.2. The van der Waals surface area contributed by atoms with Crippen molar-refractivity contribution in [3.05, 3.63) is 97.1 Å². The van der Waals surface area contributed by atoms with Crippen molar-refractivity contribution < 1.29 is 9.59 Å². The Bertz CT molecular complexity index is 1090. The van der Waals surface area contributed by atoms with Crippen LogP contribution in [0.4, 0.5) is 0 Å². The Labute approximate surface area is 188 Å². The first-order valence-electron chi connectivity index (χ1n) is 10.7. The fourth-order valence-corrected chi connectivity index (χ4v) is 4.08. The third kappa shape index (κ3) is 4.91. The number of nitrogens with zero attached hydrogens (tertiary/aromatic N) is 4. The summed E-state index contributed by atoms with van der Waals surface area (Å²) < 4.78 is 0. The molecule has 32 heavy (non-hydrogen) atoms. The average molecular weight is 427 g/mol. The van der Waals surface area contributed by atoms with Crippen LogP contribution in [0.2, 0.25) is 0 Å². The summed E-state index contributed by atoms with van der Waals surface area (Å²) in [5.74, 6) is -0.428. The van der Waals surface area contributed by atoms with Crippen molar-refractivity contribution in [3.8, 4) is 11.1 Å². The number of carbonyl (C=O) groups excluding carboxylic acids is 2. The summed E-state index contributed by atoms with van der Waals surface area (Å²) in [5, 5.41) is 0. The SMILES string of the molecule is C=CCN1CCN(C(=O)c2ccccn2)C[C@H](Cc2cccc(-c3ccncc3)c2)C1=O. The van der Waals surface area contributed by atoms with Crippen LogP contribution >= 0.6 is 0 Å². The molecule has 3 heterocycles. The van der Waals surface area contributed by atoms with Gasteiger partial charge < -0.3 is 9.80 Å². The number of benzene rings is 1. The summed E-state index contributed by atoms with van der Waals surface area (Å²) in [6.07, 6.45) is 7.44. The second-order valence-electron chi connectivity index (χ2n) is 7.88. The van der Waals surface area contributed by atoms with Gasteiger partial charge in [0.05, 0.1) is 5.92 Å². The topological polar surface area (TPSA) is 66.4 Å². The Morgan fingerprint density at radius 3 is 2.62 bits per heavy atom. The Balaban J connectivity index is 1.59. The molecular weight excluding hydrogens is 400 g/mol. The molecule has 0 N–H and O–H groups in total. The first kappa shape index (κ1) is 21.4. The van der Waals surface area contributed by atoms with E-state index in [1.54, 1.807) is 52.7 Å². The van der Waals surface area contributed by atoms with E-state index in [9.17, 15) is 9.59 Å². The molecule has 0 bridgehead atoms. The van der Waals surface area contributed by atoms with Crippen molar-refractivity contribution >= 4 is 11.8 Å². The normalized spacial score (nSPS) is 16.5. The number of hydrogen-bond donors (Lipinski definition) is 0. The molecule has 1 fully saturated rings. The molecule has 4 rings (SSSR count). The van der Waals surface area contributed by atoms with E-state index in [4.69, 9.17) is 0 Å². The van der Waals surface area contributed by atoms with Gasteiger partial charge in [0.1, 0.15) is 5.69 Å². The van der Waals surface area contributed by atoms with Crippen LogP contribution < -0.4 is 0 Å². The van der Waals surface area contributed by atoms with Gasteiger partial charge in [0.15, 0.2) is 0 Å². The molecule has 1 saturated heterocycles. The molecule has 1 aliphatic rings. The smallest absolute Gasteiger partial charge is 0.272 e. The fourth-order valence-electron chi connectivity index (χ4n) is 4.08. The highest BCUT2D eigenvalue weighted by atomic mass is 16.2. The van der Waals surface area contributed by atoms with Gasteiger partial charge in [-0.2, -0.15) is 0 Å². The largest absolute Gasteiger partial charge is 0.337 e. The first-order valence-corrected chi connectivity index (χ1v) is 10.7. The fraction of sp³-hybridized carbons (Fsp3) is 0.231. The zero-order valence-electron chi connectivity index (χ0n) is 17.9. The Hall–Kier alpha value is -3.80. The van der Waals surface area contributed by atoms with Crippen molar-refractivity contribution in [1.29, 1.82) is 0 Å². The molecule has 0 aliphatic carbocycles. The van der Waals surface area contributed by atoms with Crippen molar-refractivity contribution in [3.63, 3.8) is 0 Å². The predicted molar refractivity (Wildman–Crippen MR) is 124 cm³/mol. The summed E-state index contributed by atoms with van der Waals surface area (Å²) >= 11 is 0. The molecule has 6 nitrogen and oxygen atoms in total. The van der Waals surface area contributed by atoms with Gasteiger partial charge in [-0.1, -0.05) is 36.4 Å². The minimum Gasteiger partial charge on any atom is -0.337 e. The number of amides is 2. The molecule has 2 aromatic heterocycles. The number of pyridine rings is 2. The highest BCUT2D eigenvalue weighted by Crippen LogP contribution is 2.23. The monoisotopic (exact) mass is 426 g/mol. The maximum atomic E-state index is 13.3. The molecule has 162 valence electrons. The van der Waals surface area contributed by atoms with Gasteiger partial charge in [-0.15, -0.1) is 6.58 Å². The van der Waals surface area contributed by atoms with Crippen LogP contribution in [-0.2, 0) is 11.2 Å². The molecule has 1 aromatic carbocycles. The lowest BCUT2D eigenvalue weighted by atomic mass is 9.95. The summed E-state index contributed by atoms with van der Waals surface area (Å²) in [6.45, 7) is 5.58. The third-order valence-corrected chi connectivity index (χ3v) is 5.68. The molecule has 0 spiro atoms. The summed E-state index contributed by atoms with van der Waals surface area (Å²) in [5.41, 5.74) is 3.61. The molecule has 1 aliphatic heterocycles. The molecule has 0 saturated carbocycles. The zero-order valence-corrected chi connectivity index (χ0v) is 17.9. The van der Waals surface area contributed by atoms with Crippen molar-refractivity contribution in [1.82, 2.24) is 19.8 Å². The van der Waals surface area contributed by atoms with Crippen LogP contribution in [0, 0.1) is 5.92 Å². The lowest BCUT2D eigenvalue weighted by molar-refractivity contribution is -0.134. The van der Waals surface area contributed by atoms with Crippen LogP contribution in [0.3, 0.4) is 0 Å². The molecule has 0 unspecified atom stereocenters. The second-order valence-corrected chi connectivity index (χ2v) is 7.88. The van der Waals surface area contributed by atoms with Crippen LogP contribution in [-0.4, -0.2) is 57.8 Å². The van der Waals surface area contributed by atoms with E-state index >= 15 is 0 Å². The number of hydrogen-bond acceptors (Lipinski definition) is 4. The van der Waals surface area contributed by atoms with Crippen LogP contribution in [0.5, 0.6) is 0 Å². The summed E-state index contributed by atoms with van der Waals surface area (Å²) in [6, 6.07) is 17.4. The van der Waals surface area contributed by atoms with Crippen LogP contribution in [0.15, 0.2) is 85.8 Å². The van der Waals surface area contributed by atoms with Crippen molar-refractivity contribution in [2.24, 2.45) is 5.92 Å².